The molecule has 4 heteroatoms. The van der Waals surface area contributed by atoms with Gasteiger partial charge in [0, 0.05) is 6.08 Å². The molecule has 0 spiro atoms. The summed E-state index contributed by atoms with van der Waals surface area (Å²) in [5.41, 5.74) is 1.27. The van der Waals surface area contributed by atoms with Crippen LogP contribution in [0.3, 0.4) is 0 Å². The van der Waals surface area contributed by atoms with E-state index in [2.05, 4.69) is 6.07 Å². The molecule has 0 unspecified atom stereocenters. The van der Waals surface area contributed by atoms with E-state index < -0.39 is 0 Å². The first kappa shape index (κ1) is 19.1. The number of ether oxygens (including phenoxy) is 3. The molecule has 0 bridgehead atoms. The van der Waals surface area contributed by atoms with Crippen LogP contribution in [0.2, 0.25) is 0 Å². The summed E-state index contributed by atoms with van der Waals surface area (Å²) >= 11 is 0. The lowest BCUT2D eigenvalue weighted by Crippen LogP contribution is -1.98. The summed E-state index contributed by atoms with van der Waals surface area (Å²) in [7, 11) is 3.30. The summed E-state index contributed by atoms with van der Waals surface area (Å²) < 4.78 is 15.4. The Morgan fingerprint density at radius 3 is 2.48 bits per heavy atom. The molecule has 0 N–H and O–H groups in total. The number of esters is 1. The first-order valence-electron chi connectivity index (χ1n) is 8.25. The minimum Gasteiger partial charge on any atom is -0.493 e. The Kier molecular flexibility index (Phi) is 9.60. The highest BCUT2D eigenvalue weighted by atomic mass is 16.5. The largest absolute Gasteiger partial charge is 0.493 e. The zero-order chi connectivity index (χ0) is 16.9. The Morgan fingerprint density at radius 1 is 1.04 bits per heavy atom. The van der Waals surface area contributed by atoms with Crippen LogP contribution in [0.5, 0.6) is 11.5 Å². The summed E-state index contributed by atoms with van der Waals surface area (Å²) in [6.45, 7) is 2.24. The lowest BCUT2D eigenvalue weighted by atomic mass is 10.0. The Hall–Kier alpha value is -1.97. The summed E-state index contributed by atoms with van der Waals surface area (Å²) in [5, 5.41) is 0. The number of benzene rings is 1. The minimum absolute atomic E-state index is 0.249. The molecule has 0 aliphatic rings. The van der Waals surface area contributed by atoms with Gasteiger partial charge < -0.3 is 14.2 Å². The molecule has 0 heterocycles. The Labute approximate surface area is 139 Å². The number of unbranched alkanes of at least 4 members (excludes halogenated alkanes) is 4. The van der Waals surface area contributed by atoms with Gasteiger partial charge in [0.2, 0.25) is 0 Å². The normalized spacial score (nSPS) is 10.7. The Morgan fingerprint density at radius 2 is 1.78 bits per heavy atom. The predicted molar refractivity (Wildman–Crippen MR) is 92.1 cm³/mol. The van der Waals surface area contributed by atoms with Gasteiger partial charge in [-0.15, -0.1) is 0 Å². The van der Waals surface area contributed by atoms with Crippen molar-refractivity contribution in [1.29, 1.82) is 0 Å². The monoisotopic (exact) mass is 320 g/mol. The van der Waals surface area contributed by atoms with E-state index in [9.17, 15) is 4.79 Å². The van der Waals surface area contributed by atoms with E-state index in [1.54, 1.807) is 14.2 Å². The lowest BCUT2D eigenvalue weighted by molar-refractivity contribution is -0.137. The quantitative estimate of drug-likeness (QED) is 0.346. The van der Waals surface area contributed by atoms with Crippen LogP contribution in [0, 0.1) is 0 Å². The van der Waals surface area contributed by atoms with Crippen molar-refractivity contribution in [3.63, 3.8) is 0 Å². The van der Waals surface area contributed by atoms with Gasteiger partial charge in [-0.05, 0) is 50.3 Å². The maximum atomic E-state index is 11.1. The Balaban J connectivity index is 2.17. The minimum atomic E-state index is -0.249. The van der Waals surface area contributed by atoms with Gasteiger partial charge in [0.05, 0.1) is 20.8 Å². The predicted octanol–water partition coefficient (Wildman–Crippen LogP) is 4.32. The molecule has 128 valence electrons. The highest BCUT2D eigenvalue weighted by molar-refractivity contribution is 5.81. The van der Waals surface area contributed by atoms with Crippen LogP contribution < -0.4 is 9.47 Å². The van der Waals surface area contributed by atoms with Gasteiger partial charge in [0.25, 0.3) is 0 Å². The summed E-state index contributed by atoms with van der Waals surface area (Å²) in [6, 6.07) is 6.08. The molecule has 0 aliphatic heterocycles. The zero-order valence-electron chi connectivity index (χ0n) is 14.5. The maximum absolute atomic E-state index is 11.1. The van der Waals surface area contributed by atoms with Crippen LogP contribution >= 0.6 is 0 Å². The van der Waals surface area contributed by atoms with Crippen LogP contribution in [0.4, 0.5) is 0 Å². The van der Waals surface area contributed by atoms with E-state index in [-0.39, 0.29) is 5.97 Å². The van der Waals surface area contributed by atoms with Gasteiger partial charge in [0.1, 0.15) is 0 Å². The van der Waals surface area contributed by atoms with Crippen molar-refractivity contribution in [2.75, 3.05) is 20.8 Å². The molecule has 0 saturated heterocycles. The molecular formula is C19H28O4. The average molecular weight is 320 g/mol. The van der Waals surface area contributed by atoms with Crippen molar-refractivity contribution in [3.05, 3.63) is 35.9 Å². The number of carbonyl (C=O) groups is 1. The molecule has 4 nitrogen and oxygen atoms in total. The zero-order valence-corrected chi connectivity index (χ0v) is 14.5. The molecule has 0 saturated carbocycles. The third-order valence-corrected chi connectivity index (χ3v) is 3.57. The number of rotatable bonds is 11. The van der Waals surface area contributed by atoms with E-state index in [1.165, 1.54) is 24.5 Å². The number of methoxy groups -OCH3 is 2. The fraction of sp³-hybridized carbons (Fsp3) is 0.526. The molecule has 0 aromatic heterocycles. The second-order valence-electron chi connectivity index (χ2n) is 5.30. The van der Waals surface area contributed by atoms with Crippen LogP contribution in [0.25, 0.3) is 0 Å². The number of hydrogen-bond donors (Lipinski definition) is 0. The summed E-state index contributed by atoms with van der Waals surface area (Å²) in [6.07, 6.45) is 9.98. The van der Waals surface area contributed by atoms with E-state index in [4.69, 9.17) is 14.2 Å². The van der Waals surface area contributed by atoms with Gasteiger partial charge in [0.15, 0.2) is 11.5 Å². The molecule has 0 atom stereocenters. The first-order chi connectivity index (χ1) is 11.2. The van der Waals surface area contributed by atoms with Crippen molar-refractivity contribution >= 4 is 5.97 Å². The second-order valence-corrected chi connectivity index (χ2v) is 5.30. The summed E-state index contributed by atoms with van der Waals surface area (Å²) in [5.74, 6) is 1.31. The fourth-order valence-electron chi connectivity index (χ4n) is 2.35. The van der Waals surface area contributed by atoms with Crippen molar-refractivity contribution in [2.24, 2.45) is 0 Å². The smallest absolute Gasteiger partial charge is 0.330 e. The van der Waals surface area contributed by atoms with E-state index >= 15 is 0 Å². The highest BCUT2D eigenvalue weighted by Crippen LogP contribution is 2.28. The maximum Gasteiger partial charge on any atom is 0.330 e. The van der Waals surface area contributed by atoms with Crippen LogP contribution in [0.15, 0.2) is 30.4 Å². The second kappa shape index (κ2) is 11.6. The van der Waals surface area contributed by atoms with Gasteiger partial charge in [-0.3, -0.25) is 0 Å². The van der Waals surface area contributed by atoms with E-state index in [0.717, 1.165) is 37.2 Å². The van der Waals surface area contributed by atoms with Crippen LogP contribution in [0.1, 0.15) is 44.6 Å². The molecule has 0 radical (unpaired) electrons. The van der Waals surface area contributed by atoms with Gasteiger partial charge >= 0.3 is 5.97 Å². The van der Waals surface area contributed by atoms with E-state index in [1.807, 2.05) is 25.1 Å². The number of aryl methyl sites for hydroxylation is 1. The third-order valence-electron chi connectivity index (χ3n) is 3.57. The lowest BCUT2D eigenvalue weighted by Gasteiger charge is -2.09. The van der Waals surface area contributed by atoms with Gasteiger partial charge in [-0.2, -0.15) is 0 Å². The molecule has 1 aromatic carbocycles. The SMILES string of the molecule is CCOC(=O)C=CCCCCCCc1ccc(OC)c(OC)c1. The third kappa shape index (κ3) is 7.73. The molecule has 1 rings (SSSR count). The van der Waals surface area contributed by atoms with Crippen molar-refractivity contribution in [3.8, 4) is 11.5 Å². The molecule has 0 fully saturated rings. The summed E-state index contributed by atoms with van der Waals surface area (Å²) in [4.78, 5) is 11.1. The van der Waals surface area contributed by atoms with Crippen LogP contribution in [-0.4, -0.2) is 26.8 Å². The standard InChI is InChI=1S/C19H28O4/c1-4-23-19(20)12-10-8-6-5-7-9-11-16-13-14-17(21-2)18(15-16)22-3/h10,12-15H,4-9,11H2,1-3H3. The number of carbonyl (C=O) groups excluding carboxylic acids is 1. The Bertz CT molecular complexity index is 494. The molecule has 1 aromatic rings. The number of hydrogen-bond acceptors (Lipinski definition) is 4. The highest BCUT2D eigenvalue weighted by Gasteiger charge is 2.04. The molecule has 0 amide bonds. The van der Waals surface area contributed by atoms with Crippen molar-refractivity contribution < 1.29 is 19.0 Å². The molecule has 23 heavy (non-hydrogen) atoms. The molecular weight excluding hydrogens is 292 g/mol. The topological polar surface area (TPSA) is 44.8 Å². The van der Waals surface area contributed by atoms with Crippen LogP contribution in [-0.2, 0) is 16.0 Å². The van der Waals surface area contributed by atoms with Crippen molar-refractivity contribution in [2.45, 2.75) is 45.4 Å². The molecule has 0 aliphatic carbocycles. The number of allylic oxidation sites excluding steroid dienone is 1. The first-order valence-corrected chi connectivity index (χ1v) is 8.25. The van der Waals surface area contributed by atoms with Crippen molar-refractivity contribution in [1.82, 2.24) is 0 Å². The van der Waals surface area contributed by atoms with E-state index in [0.29, 0.717) is 6.61 Å². The van der Waals surface area contributed by atoms with Gasteiger partial charge in [-0.1, -0.05) is 25.0 Å². The average Bonchev–Trinajstić information content (AvgIpc) is 2.57. The fourth-order valence-corrected chi connectivity index (χ4v) is 2.35. The van der Waals surface area contributed by atoms with Gasteiger partial charge in [-0.25, -0.2) is 4.79 Å².